The molecule has 0 N–H and O–H groups in total. The van der Waals surface area contributed by atoms with Crippen LogP contribution in [-0.4, -0.2) is 16.6 Å². The molecule has 1 aromatic carbocycles. The summed E-state index contributed by atoms with van der Waals surface area (Å²) in [6.45, 7) is 5.19. The summed E-state index contributed by atoms with van der Waals surface area (Å²) in [6, 6.07) is 8.84. The van der Waals surface area contributed by atoms with E-state index in [4.69, 9.17) is 4.74 Å². The molecule has 0 unspecified atom stereocenters. The molecule has 176 valence electrons. The molecule has 1 fully saturated rings. The minimum absolute atomic E-state index is 0.731. The minimum Gasteiger partial charge on any atom is -0.490 e. The Bertz CT molecular complexity index is 733. The number of ether oxygens (including phenoxy) is 1. The summed E-state index contributed by atoms with van der Waals surface area (Å²) in [5.74, 6) is 3.46. The van der Waals surface area contributed by atoms with Crippen LogP contribution in [0.3, 0.4) is 0 Å². The summed E-state index contributed by atoms with van der Waals surface area (Å²) in [7, 11) is 0. The van der Waals surface area contributed by atoms with E-state index in [2.05, 4.69) is 48.1 Å². The summed E-state index contributed by atoms with van der Waals surface area (Å²) < 4.78 is 5.66. The Balaban J connectivity index is 1.35. The van der Waals surface area contributed by atoms with Crippen molar-refractivity contribution in [1.82, 2.24) is 9.97 Å². The van der Waals surface area contributed by atoms with E-state index in [-0.39, 0.29) is 0 Å². The predicted molar refractivity (Wildman–Crippen MR) is 135 cm³/mol. The van der Waals surface area contributed by atoms with E-state index in [0.29, 0.717) is 0 Å². The zero-order chi connectivity index (χ0) is 22.4. The largest absolute Gasteiger partial charge is 0.490 e. The van der Waals surface area contributed by atoms with Crippen LogP contribution in [0.25, 0.3) is 11.4 Å². The number of aryl methyl sites for hydroxylation is 1. The lowest BCUT2D eigenvalue weighted by atomic mass is 9.77. The van der Waals surface area contributed by atoms with Crippen molar-refractivity contribution in [2.45, 2.75) is 104 Å². The fourth-order valence-electron chi connectivity index (χ4n) is 4.91. The van der Waals surface area contributed by atoms with Crippen molar-refractivity contribution in [2.75, 3.05) is 6.61 Å². The van der Waals surface area contributed by atoms with Crippen LogP contribution in [0.2, 0.25) is 0 Å². The van der Waals surface area contributed by atoms with E-state index in [0.717, 1.165) is 48.4 Å². The number of aromatic nitrogens is 2. The van der Waals surface area contributed by atoms with E-state index in [1.807, 2.05) is 0 Å². The zero-order valence-corrected chi connectivity index (χ0v) is 20.5. The third-order valence-corrected chi connectivity index (χ3v) is 7.13. The van der Waals surface area contributed by atoms with Crippen molar-refractivity contribution in [1.29, 1.82) is 0 Å². The summed E-state index contributed by atoms with van der Waals surface area (Å²) in [5, 5.41) is 0. The lowest BCUT2D eigenvalue weighted by Gasteiger charge is -2.28. The normalized spacial score (nSPS) is 18.6. The van der Waals surface area contributed by atoms with Gasteiger partial charge >= 0.3 is 0 Å². The van der Waals surface area contributed by atoms with E-state index in [9.17, 15) is 0 Å². The molecule has 1 aliphatic rings. The molecule has 0 radical (unpaired) electrons. The molecule has 1 aromatic heterocycles. The SMILES string of the molecule is CCCCCCCC1CCC(CCc2ccc(-c3ncc(OCCCC)cn3)cc2)CC1. The lowest BCUT2D eigenvalue weighted by molar-refractivity contribution is 0.248. The molecule has 32 heavy (non-hydrogen) atoms. The fraction of sp³-hybridized carbons (Fsp3) is 0.655. The average molecular weight is 437 g/mol. The first-order valence-corrected chi connectivity index (χ1v) is 13.3. The van der Waals surface area contributed by atoms with Crippen LogP contribution in [-0.2, 0) is 6.42 Å². The average Bonchev–Trinajstić information content (AvgIpc) is 2.84. The second-order valence-corrected chi connectivity index (χ2v) is 9.77. The molecule has 1 saturated carbocycles. The number of unbranched alkanes of at least 4 members (excludes halogenated alkanes) is 5. The van der Waals surface area contributed by atoms with Crippen LogP contribution in [0.1, 0.15) is 103 Å². The molecule has 2 aromatic rings. The third-order valence-electron chi connectivity index (χ3n) is 7.13. The van der Waals surface area contributed by atoms with Gasteiger partial charge in [0, 0.05) is 5.56 Å². The molecule has 1 aliphatic carbocycles. The third kappa shape index (κ3) is 8.56. The van der Waals surface area contributed by atoms with Gasteiger partial charge in [-0.3, -0.25) is 0 Å². The summed E-state index contributed by atoms with van der Waals surface area (Å²) in [6.07, 6.45) is 22.7. The lowest BCUT2D eigenvalue weighted by Crippen LogP contribution is -2.15. The van der Waals surface area contributed by atoms with E-state index >= 15 is 0 Å². The molecule has 0 spiro atoms. The van der Waals surface area contributed by atoms with Crippen LogP contribution in [0.4, 0.5) is 0 Å². The Labute approximate surface area is 196 Å². The maximum Gasteiger partial charge on any atom is 0.159 e. The first kappa shape index (κ1) is 24.7. The number of rotatable bonds is 14. The highest BCUT2D eigenvalue weighted by atomic mass is 16.5. The Morgan fingerprint density at radius 1 is 0.750 bits per heavy atom. The van der Waals surface area contributed by atoms with Crippen molar-refractivity contribution in [3.05, 3.63) is 42.2 Å². The number of hydrogen-bond acceptors (Lipinski definition) is 3. The van der Waals surface area contributed by atoms with Gasteiger partial charge in [0.05, 0.1) is 19.0 Å². The summed E-state index contributed by atoms with van der Waals surface area (Å²) in [5.41, 5.74) is 2.51. The Morgan fingerprint density at radius 3 is 2.03 bits per heavy atom. The number of nitrogens with zero attached hydrogens (tertiary/aromatic N) is 2. The highest BCUT2D eigenvalue weighted by molar-refractivity contribution is 5.55. The Kier molecular flexibility index (Phi) is 11.0. The van der Waals surface area contributed by atoms with Crippen molar-refractivity contribution in [2.24, 2.45) is 11.8 Å². The number of hydrogen-bond donors (Lipinski definition) is 0. The molecule has 3 nitrogen and oxygen atoms in total. The number of benzene rings is 1. The first-order chi connectivity index (χ1) is 15.8. The molecular weight excluding hydrogens is 392 g/mol. The maximum absolute atomic E-state index is 5.66. The minimum atomic E-state index is 0.731. The topological polar surface area (TPSA) is 35.0 Å². The quantitative estimate of drug-likeness (QED) is 0.279. The highest BCUT2D eigenvalue weighted by Crippen LogP contribution is 2.34. The molecule has 1 heterocycles. The molecule has 3 heteroatoms. The predicted octanol–water partition coefficient (Wildman–Crippen LogP) is 8.42. The van der Waals surface area contributed by atoms with Gasteiger partial charge in [0.15, 0.2) is 11.6 Å². The van der Waals surface area contributed by atoms with Gasteiger partial charge in [0.1, 0.15) is 0 Å². The van der Waals surface area contributed by atoms with Crippen LogP contribution in [0.15, 0.2) is 36.7 Å². The van der Waals surface area contributed by atoms with Gasteiger partial charge < -0.3 is 4.74 Å². The molecule has 0 aliphatic heterocycles. The Morgan fingerprint density at radius 2 is 1.38 bits per heavy atom. The maximum atomic E-state index is 5.66. The molecule has 0 atom stereocenters. The second kappa shape index (κ2) is 14.3. The van der Waals surface area contributed by atoms with E-state index in [1.54, 1.807) is 12.4 Å². The molecule has 0 saturated heterocycles. The van der Waals surface area contributed by atoms with Crippen molar-refractivity contribution in [3.8, 4) is 17.1 Å². The summed E-state index contributed by atoms with van der Waals surface area (Å²) >= 11 is 0. The van der Waals surface area contributed by atoms with Gasteiger partial charge in [-0.1, -0.05) is 109 Å². The van der Waals surface area contributed by atoms with Crippen LogP contribution in [0, 0.1) is 11.8 Å². The van der Waals surface area contributed by atoms with Gasteiger partial charge in [0.25, 0.3) is 0 Å². The molecular formula is C29H44N2O. The van der Waals surface area contributed by atoms with Crippen LogP contribution in [0.5, 0.6) is 5.75 Å². The van der Waals surface area contributed by atoms with E-state index < -0.39 is 0 Å². The van der Waals surface area contributed by atoms with Gasteiger partial charge in [-0.15, -0.1) is 0 Å². The second-order valence-electron chi connectivity index (χ2n) is 9.77. The fourth-order valence-corrected chi connectivity index (χ4v) is 4.91. The van der Waals surface area contributed by atoms with Crippen LogP contribution < -0.4 is 4.74 Å². The molecule has 0 bridgehead atoms. The Hall–Kier alpha value is -1.90. The van der Waals surface area contributed by atoms with Crippen molar-refractivity contribution < 1.29 is 4.74 Å². The van der Waals surface area contributed by atoms with Crippen molar-refractivity contribution in [3.63, 3.8) is 0 Å². The first-order valence-electron chi connectivity index (χ1n) is 13.3. The van der Waals surface area contributed by atoms with Gasteiger partial charge in [0.2, 0.25) is 0 Å². The van der Waals surface area contributed by atoms with E-state index in [1.165, 1.54) is 82.6 Å². The molecule has 3 rings (SSSR count). The highest BCUT2D eigenvalue weighted by Gasteiger charge is 2.20. The van der Waals surface area contributed by atoms with Crippen LogP contribution >= 0.6 is 0 Å². The smallest absolute Gasteiger partial charge is 0.159 e. The van der Waals surface area contributed by atoms with Gasteiger partial charge in [-0.25, -0.2) is 9.97 Å². The van der Waals surface area contributed by atoms with Crippen molar-refractivity contribution >= 4 is 0 Å². The standard InChI is InChI=1S/C29H44N2O/c1-3-5-7-8-9-10-24-11-13-25(14-12-24)15-16-26-17-19-27(20-18-26)29-30-22-28(23-31-29)32-21-6-4-2/h17-20,22-25H,3-16,21H2,1-2H3. The van der Waals surface area contributed by atoms with Gasteiger partial charge in [-0.2, -0.15) is 0 Å². The molecule has 0 amide bonds. The zero-order valence-electron chi connectivity index (χ0n) is 20.5. The summed E-state index contributed by atoms with van der Waals surface area (Å²) in [4.78, 5) is 8.97. The van der Waals surface area contributed by atoms with Gasteiger partial charge in [-0.05, 0) is 36.7 Å². The monoisotopic (exact) mass is 436 g/mol.